The molecule has 0 unspecified atom stereocenters. The second-order valence-electron chi connectivity index (χ2n) is 14.1. The fraction of sp³-hybridized carbons (Fsp3) is 0. The van der Waals surface area contributed by atoms with Gasteiger partial charge in [-0.25, -0.2) is 9.98 Å². The van der Waals surface area contributed by atoms with Crippen LogP contribution in [-0.4, -0.2) is 26.0 Å². The van der Waals surface area contributed by atoms with Crippen molar-refractivity contribution >= 4 is 90.6 Å². The highest BCUT2D eigenvalue weighted by Gasteiger charge is 2.42. The van der Waals surface area contributed by atoms with Crippen molar-refractivity contribution in [3.05, 3.63) is 217 Å². The lowest BCUT2D eigenvalue weighted by atomic mass is 10.1. The van der Waals surface area contributed by atoms with E-state index in [1.165, 1.54) is 15.6 Å². The number of amidine groups is 2. The number of rotatable bonds is 7. The summed E-state index contributed by atoms with van der Waals surface area (Å²) in [5.74, 6) is 0.567. The third-order valence-corrected chi connectivity index (χ3v) is 15.6. The standard InChI is InChI=1S/C51H35N3O2Si/c52-50(54-51(35-16-4-1-5-17-35)53-34-37-19-15-29-47-49(37)44-26-11-13-28-46(44)55-47)36-18-14-24-40(32-36)57(38-20-6-2-7-21-38,39-22-8-3-9-23-39)41-30-31-43-42-25-10-12-27-45(42)56-48(43)33-41/h1-34,52H. The first kappa shape index (κ1) is 34.1. The third kappa shape index (κ3) is 6.00. The van der Waals surface area contributed by atoms with E-state index in [9.17, 15) is 5.41 Å². The minimum Gasteiger partial charge on any atom is -0.456 e. The molecule has 0 atom stereocenters. The summed E-state index contributed by atoms with van der Waals surface area (Å²) >= 11 is 0. The van der Waals surface area contributed by atoms with Crippen LogP contribution in [0.4, 0.5) is 0 Å². The molecule has 0 aliphatic heterocycles. The summed E-state index contributed by atoms with van der Waals surface area (Å²) in [6.45, 7) is 0. The molecule has 0 aliphatic rings. The van der Waals surface area contributed by atoms with Gasteiger partial charge in [-0.2, -0.15) is 0 Å². The van der Waals surface area contributed by atoms with Gasteiger partial charge < -0.3 is 8.83 Å². The number of nitrogens with zero attached hydrogens (tertiary/aromatic N) is 2. The highest BCUT2D eigenvalue weighted by Crippen LogP contribution is 2.31. The fourth-order valence-corrected chi connectivity index (χ4v) is 13.0. The Labute approximate surface area is 330 Å². The summed E-state index contributed by atoms with van der Waals surface area (Å²) < 4.78 is 12.6. The minimum absolute atomic E-state index is 0.122. The molecule has 2 aromatic heterocycles. The summed E-state index contributed by atoms with van der Waals surface area (Å²) in [6, 6.07) is 68.8. The van der Waals surface area contributed by atoms with Crippen molar-refractivity contribution in [2.24, 2.45) is 9.98 Å². The number of hydrogen-bond acceptors (Lipinski definition) is 3. The quantitative estimate of drug-likeness (QED) is 0.0763. The topological polar surface area (TPSA) is 74.8 Å². The van der Waals surface area contributed by atoms with E-state index in [1.54, 1.807) is 0 Å². The Hall–Kier alpha value is -7.41. The second kappa shape index (κ2) is 14.3. The molecule has 10 aromatic rings. The van der Waals surface area contributed by atoms with Crippen molar-refractivity contribution in [1.82, 2.24) is 0 Å². The zero-order chi connectivity index (χ0) is 38.2. The molecular weight excluding hydrogens is 715 g/mol. The van der Waals surface area contributed by atoms with Crippen LogP contribution in [0.2, 0.25) is 0 Å². The molecule has 10 rings (SSSR count). The summed E-state index contributed by atoms with van der Waals surface area (Å²) in [7, 11) is -2.99. The number of hydrogen-bond donors (Lipinski definition) is 1. The van der Waals surface area contributed by atoms with Crippen LogP contribution in [0.25, 0.3) is 43.9 Å². The van der Waals surface area contributed by atoms with E-state index in [0.29, 0.717) is 11.4 Å². The van der Waals surface area contributed by atoms with Gasteiger partial charge in [-0.05, 0) is 45.0 Å². The van der Waals surface area contributed by atoms with E-state index in [1.807, 2.05) is 91.1 Å². The first-order valence-electron chi connectivity index (χ1n) is 19.0. The fourth-order valence-electron chi connectivity index (χ4n) is 8.20. The van der Waals surface area contributed by atoms with Crippen LogP contribution in [-0.2, 0) is 0 Å². The predicted molar refractivity (Wildman–Crippen MR) is 238 cm³/mol. The molecule has 0 bridgehead atoms. The van der Waals surface area contributed by atoms with E-state index in [2.05, 4.69) is 115 Å². The summed E-state index contributed by atoms with van der Waals surface area (Å²) in [4.78, 5) is 9.92. The van der Waals surface area contributed by atoms with Gasteiger partial charge in [0.1, 0.15) is 22.3 Å². The highest BCUT2D eigenvalue weighted by atomic mass is 28.3. The van der Waals surface area contributed by atoms with Gasteiger partial charge in [0.25, 0.3) is 0 Å². The molecule has 0 saturated heterocycles. The lowest BCUT2D eigenvalue weighted by Gasteiger charge is -2.34. The van der Waals surface area contributed by atoms with Crippen LogP contribution in [0.5, 0.6) is 0 Å². The van der Waals surface area contributed by atoms with Crippen LogP contribution in [0.1, 0.15) is 16.7 Å². The predicted octanol–water partition coefficient (Wildman–Crippen LogP) is 9.75. The molecule has 57 heavy (non-hydrogen) atoms. The molecule has 270 valence electrons. The van der Waals surface area contributed by atoms with Crippen LogP contribution in [0.15, 0.2) is 219 Å². The van der Waals surface area contributed by atoms with Crippen molar-refractivity contribution in [2.45, 2.75) is 0 Å². The lowest BCUT2D eigenvalue weighted by molar-refractivity contribution is 0.668. The summed E-state index contributed by atoms with van der Waals surface area (Å²) in [5, 5.41) is 18.5. The van der Waals surface area contributed by atoms with Crippen molar-refractivity contribution in [3.63, 3.8) is 0 Å². The maximum atomic E-state index is 9.52. The number of para-hydroxylation sites is 2. The van der Waals surface area contributed by atoms with E-state index >= 15 is 0 Å². The van der Waals surface area contributed by atoms with Gasteiger partial charge in [-0.3, -0.25) is 5.41 Å². The molecule has 0 radical (unpaired) electrons. The molecule has 2 heterocycles. The Balaban J connectivity index is 1.13. The van der Waals surface area contributed by atoms with Gasteiger partial charge in [0.15, 0.2) is 19.7 Å². The number of nitrogens with one attached hydrogen (secondary N) is 1. The van der Waals surface area contributed by atoms with E-state index in [4.69, 9.17) is 18.8 Å². The van der Waals surface area contributed by atoms with Gasteiger partial charge in [-0.1, -0.05) is 176 Å². The van der Waals surface area contributed by atoms with Crippen LogP contribution in [0, 0.1) is 5.41 Å². The Morgan fingerprint density at radius 1 is 0.439 bits per heavy atom. The summed E-state index contributed by atoms with van der Waals surface area (Å²) in [6.07, 6.45) is 1.83. The van der Waals surface area contributed by atoms with Crippen LogP contribution < -0.4 is 20.7 Å². The zero-order valence-corrected chi connectivity index (χ0v) is 31.8. The van der Waals surface area contributed by atoms with Crippen LogP contribution in [0.3, 0.4) is 0 Å². The van der Waals surface area contributed by atoms with Gasteiger partial charge in [0.2, 0.25) is 0 Å². The first-order valence-corrected chi connectivity index (χ1v) is 21.0. The molecule has 0 saturated carbocycles. The van der Waals surface area contributed by atoms with Crippen molar-refractivity contribution in [2.75, 3.05) is 0 Å². The smallest absolute Gasteiger partial charge is 0.179 e. The Bertz CT molecular complexity index is 3110. The maximum Gasteiger partial charge on any atom is 0.179 e. The normalized spacial score (nSPS) is 12.3. The molecule has 1 N–H and O–H groups in total. The molecule has 0 spiro atoms. The monoisotopic (exact) mass is 749 g/mol. The third-order valence-electron chi connectivity index (χ3n) is 10.8. The van der Waals surface area contributed by atoms with Crippen molar-refractivity contribution in [1.29, 1.82) is 5.41 Å². The van der Waals surface area contributed by atoms with Crippen molar-refractivity contribution < 1.29 is 8.83 Å². The molecule has 6 heteroatoms. The average molecular weight is 750 g/mol. The SMILES string of the molecule is N=C(N=C(N=Cc1cccc2oc3ccccc3c12)c1ccccc1)c1cccc([Si](c2ccccc2)(c2ccccc2)c2ccc3c(c2)oc2ccccc23)c1. The number of fused-ring (bicyclic) bond motifs is 6. The molecule has 0 aliphatic carbocycles. The van der Waals surface area contributed by atoms with Gasteiger partial charge in [0, 0.05) is 44.4 Å². The van der Waals surface area contributed by atoms with Gasteiger partial charge >= 0.3 is 0 Å². The van der Waals surface area contributed by atoms with E-state index < -0.39 is 8.07 Å². The Morgan fingerprint density at radius 2 is 0.965 bits per heavy atom. The second-order valence-corrected chi connectivity index (χ2v) is 17.9. The highest BCUT2D eigenvalue weighted by molar-refractivity contribution is 7.20. The molecular formula is C51H35N3O2Si. The lowest BCUT2D eigenvalue weighted by Crippen LogP contribution is -2.74. The minimum atomic E-state index is -2.99. The first-order chi connectivity index (χ1) is 28.2. The average Bonchev–Trinajstić information content (AvgIpc) is 3.85. The largest absolute Gasteiger partial charge is 0.456 e. The van der Waals surface area contributed by atoms with Crippen molar-refractivity contribution in [3.8, 4) is 0 Å². The van der Waals surface area contributed by atoms with Gasteiger partial charge in [0.05, 0.1) is 0 Å². The van der Waals surface area contributed by atoms with E-state index in [-0.39, 0.29) is 5.84 Å². The van der Waals surface area contributed by atoms with E-state index in [0.717, 1.165) is 60.2 Å². The number of aliphatic imine (C=N–C) groups is 2. The molecule has 0 amide bonds. The van der Waals surface area contributed by atoms with Crippen LogP contribution >= 0.6 is 0 Å². The zero-order valence-electron chi connectivity index (χ0n) is 30.8. The maximum absolute atomic E-state index is 9.52. The molecule has 8 aromatic carbocycles. The summed E-state index contributed by atoms with van der Waals surface area (Å²) in [5.41, 5.74) is 5.79. The Kier molecular flexibility index (Phi) is 8.58. The number of furan rings is 2. The Morgan fingerprint density at radius 3 is 1.70 bits per heavy atom. The number of benzene rings is 8. The molecule has 5 nitrogen and oxygen atoms in total. The molecule has 0 fully saturated rings. The van der Waals surface area contributed by atoms with Gasteiger partial charge in [-0.15, -0.1) is 0 Å².